The maximum absolute atomic E-state index is 12.1. The van der Waals surface area contributed by atoms with Crippen LogP contribution in [-0.4, -0.2) is 23.4 Å². The Hall–Kier alpha value is -0.530. The van der Waals surface area contributed by atoms with E-state index < -0.39 is 0 Å². The molecule has 1 amide bonds. The van der Waals surface area contributed by atoms with Gasteiger partial charge in [0.2, 0.25) is 5.91 Å². The van der Waals surface area contributed by atoms with E-state index in [1.54, 1.807) is 0 Å². The Morgan fingerprint density at radius 1 is 1.06 bits per heavy atom. The molecule has 0 aromatic heterocycles. The zero-order chi connectivity index (χ0) is 12.5. The van der Waals surface area contributed by atoms with Crippen molar-refractivity contribution >= 4 is 5.91 Å². The highest BCUT2D eigenvalue weighted by molar-refractivity contribution is 5.76. The van der Waals surface area contributed by atoms with E-state index >= 15 is 0 Å². The lowest BCUT2D eigenvalue weighted by atomic mass is 10.1. The Labute approximate surface area is 107 Å². The number of hydrogen-bond donors (Lipinski definition) is 0. The van der Waals surface area contributed by atoms with Crippen LogP contribution in [0.1, 0.15) is 78.1 Å². The molecule has 1 aliphatic carbocycles. The van der Waals surface area contributed by atoms with E-state index in [0.29, 0.717) is 11.9 Å². The lowest BCUT2D eigenvalue weighted by Crippen LogP contribution is -2.38. The van der Waals surface area contributed by atoms with E-state index in [2.05, 4.69) is 18.7 Å². The lowest BCUT2D eigenvalue weighted by molar-refractivity contribution is -0.133. The molecule has 0 spiro atoms. The summed E-state index contributed by atoms with van der Waals surface area (Å²) in [5.74, 6) is 0.399. The number of nitrogens with zero attached hydrogens (tertiary/aromatic N) is 1. The standard InChI is InChI=1S/C15H29NO/c1-3-5-6-7-8-13-15(17)16(4-2)14-11-9-10-12-14/h14H,3-13H2,1-2H3. The van der Waals surface area contributed by atoms with Crippen LogP contribution in [-0.2, 0) is 4.79 Å². The number of unbranched alkanes of at least 4 members (excludes halogenated alkanes) is 4. The smallest absolute Gasteiger partial charge is 0.222 e. The minimum atomic E-state index is 0.399. The summed E-state index contributed by atoms with van der Waals surface area (Å²) >= 11 is 0. The van der Waals surface area contributed by atoms with Crippen molar-refractivity contribution in [2.24, 2.45) is 0 Å². The third-order valence-corrected chi connectivity index (χ3v) is 3.92. The maximum atomic E-state index is 12.1. The number of rotatable bonds is 8. The summed E-state index contributed by atoms with van der Waals surface area (Å²) in [4.78, 5) is 14.3. The zero-order valence-electron chi connectivity index (χ0n) is 11.7. The van der Waals surface area contributed by atoms with Gasteiger partial charge < -0.3 is 4.90 Å². The number of carbonyl (C=O) groups excluding carboxylic acids is 1. The molecule has 0 radical (unpaired) electrons. The van der Waals surface area contributed by atoms with Crippen LogP contribution in [0.4, 0.5) is 0 Å². The first kappa shape index (κ1) is 14.5. The largest absolute Gasteiger partial charge is 0.340 e. The summed E-state index contributed by atoms with van der Waals surface area (Å²) < 4.78 is 0. The molecule has 0 heterocycles. The fourth-order valence-electron chi connectivity index (χ4n) is 2.88. The second-order valence-electron chi connectivity index (χ2n) is 5.28. The van der Waals surface area contributed by atoms with Crippen LogP contribution in [0.3, 0.4) is 0 Å². The quantitative estimate of drug-likeness (QED) is 0.583. The monoisotopic (exact) mass is 239 g/mol. The van der Waals surface area contributed by atoms with E-state index in [1.807, 2.05) is 0 Å². The molecule has 2 heteroatoms. The van der Waals surface area contributed by atoms with Crippen molar-refractivity contribution in [2.75, 3.05) is 6.54 Å². The number of carbonyl (C=O) groups is 1. The second-order valence-corrected chi connectivity index (χ2v) is 5.28. The molecule has 0 aromatic carbocycles. The van der Waals surface area contributed by atoms with Crippen LogP contribution >= 0.6 is 0 Å². The van der Waals surface area contributed by atoms with Gasteiger partial charge in [0, 0.05) is 19.0 Å². The molecule has 1 saturated carbocycles. The van der Waals surface area contributed by atoms with Crippen molar-refractivity contribution < 1.29 is 4.79 Å². The van der Waals surface area contributed by atoms with Crippen LogP contribution < -0.4 is 0 Å². The predicted molar refractivity (Wildman–Crippen MR) is 73.0 cm³/mol. The predicted octanol–water partition coefficient (Wildman–Crippen LogP) is 4.14. The Morgan fingerprint density at radius 2 is 1.71 bits per heavy atom. The molecule has 0 aromatic rings. The van der Waals surface area contributed by atoms with Crippen LogP contribution in [0.15, 0.2) is 0 Å². The average molecular weight is 239 g/mol. The Bertz CT molecular complexity index is 209. The van der Waals surface area contributed by atoms with Gasteiger partial charge in [-0.3, -0.25) is 4.79 Å². The molecule has 1 fully saturated rings. The highest BCUT2D eigenvalue weighted by Crippen LogP contribution is 2.24. The van der Waals surface area contributed by atoms with Crippen LogP contribution in [0.25, 0.3) is 0 Å². The van der Waals surface area contributed by atoms with Gasteiger partial charge in [0.1, 0.15) is 0 Å². The first-order chi connectivity index (χ1) is 8.29. The van der Waals surface area contributed by atoms with Crippen molar-refractivity contribution in [2.45, 2.75) is 84.1 Å². The fraction of sp³-hybridized carbons (Fsp3) is 0.933. The molecule has 100 valence electrons. The van der Waals surface area contributed by atoms with Gasteiger partial charge in [-0.2, -0.15) is 0 Å². The molecule has 0 bridgehead atoms. The minimum Gasteiger partial charge on any atom is -0.340 e. The third-order valence-electron chi connectivity index (χ3n) is 3.92. The minimum absolute atomic E-state index is 0.399. The highest BCUT2D eigenvalue weighted by Gasteiger charge is 2.24. The van der Waals surface area contributed by atoms with Crippen LogP contribution in [0.5, 0.6) is 0 Å². The van der Waals surface area contributed by atoms with Gasteiger partial charge in [0.05, 0.1) is 0 Å². The van der Waals surface area contributed by atoms with Crippen molar-refractivity contribution in [3.05, 3.63) is 0 Å². The number of amides is 1. The highest BCUT2D eigenvalue weighted by atomic mass is 16.2. The van der Waals surface area contributed by atoms with Gasteiger partial charge in [-0.1, -0.05) is 45.4 Å². The first-order valence-corrected chi connectivity index (χ1v) is 7.59. The lowest BCUT2D eigenvalue weighted by Gasteiger charge is -2.27. The Morgan fingerprint density at radius 3 is 2.29 bits per heavy atom. The summed E-state index contributed by atoms with van der Waals surface area (Å²) in [5, 5.41) is 0. The summed E-state index contributed by atoms with van der Waals surface area (Å²) in [5.41, 5.74) is 0. The van der Waals surface area contributed by atoms with Crippen molar-refractivity contribution in [1.29, 1.82) is 0 Å². The molecule has 2 nitrogen and oxygen atoms in total. The van der Waals surface area contributed by atoms with E-state index in [4.69, 9.17) is 0 Å². The van der Waals surface area contributed by atoms with Crippen LogP contribution in [0.2, 0.25) is 0 Å². The molecule has 0 saturated heterocycles. The Balaban J connectivity index is 2.19. The normalized spacial score (nSPS) is 16.4. The van der Waals surface area contributed by atoms with Gasteiger partial charge in [-0.05, 0) is 26.2 Å². The third kappa shape index (κ3) is 5.10. The maximum Gasteiger partial charge on any atom is 0.222 e. The van der Waals surface area contributed by atoms with E-state index in [-0.39, 0.29) is 0 Å². The summed E-state index contributed by atoms with van der Waals surface area (Å²) in [6.45, 7) is 5.25. The zero-order valence-corrected chi connectivity index (χ0v) is 11.7. The molecule has 1 aliphatic rings. The van der Waals surface area contributed by atoms with Crippen LogP contribution in [0, 0.1) is 0 Å². The first-order valence-electron chi connectivity index (χ1n) is 7.59. The van der Waals surface area contributed by atoms with Crippen molar-refractivity contribution in [3.8, 4) is 0 Å². The molecule has 0 unspecified atom stereocenters. The van der Waals surface area contributed by atoms with Gasteiger partial charge in [0.15, 0.2) is 0 Å². The molecule has 1 rings (SSSR count). The van der Waals surface area contributed by atoms with Crippen molar-refractivity contribution in [3.63, 3.8) is 0 Å². The van der Waals surface area contributed by atoms with Gasteiger partial charge in [-0.15, -0.1) is 0 Å². The van der Waals surface area contributed by atoms with E-state index in [9.17, 15) is 4.79 Å². The summed E-state index contributed by atoms with van der Waals surface area (Å²) in [6, 6.07) is 0.558. The van der Waals surface area contributed by atoms with Gasteiger partial charge in [-0.25, -0.2) is 0 Å². The molecular weight excluding hydrogens is 210 g/mol. The summed E-state index contributed by atoms with van der Waals surface area (Å²) in [7, 11) is 0. The van der Waals surface area contributed by atoms with E-state index in [1.165, 1.54) is 51.4 Å². The molecule has 0 N–H and O–H groups in total. The SMILES string of the molecule is CCCCCCCC(=O)N(CC)C1CCCC1. The average Bonchev–Trinajstić information content (AvgIpc) is 2.83. The van der Waals surface area contributed by atoms with Gasteiger partial charge in [0.25, 0.3) is 0 Å². The second kappa shape index (κ2) is 8.54. The Kier molecular flexibility index (Phi) is 7.30. The molecular formula is C15H29NO. The molecule has 0 atom stereocenters. The van der Waals surface area contributed by atoms with Gasteiger partial charge >= 0.3 is 0 Å². The fourth-order valence-corrected chi connectivity index (χ4v) is 2.88. The molecule has 17 heavy (non-hydrogen) atoms. The van der Waals surface area contributed by atoms with Crippen molar-refractivity contribution in [1.82, 2.24) is 4.90 Å². The topological polar surface area (TPSA) is 20.3 Å². The number of hydrogen-bond acceptors (Lipinski definition) is 1. The molecule has 0 aliphatic heterocycles. The summed E-state index contributed by atoms with van der Waals surface area (Å²) in [6.07, 6.45) is 12.0. The van der Waals surface area contributed by atoms with E-state index in [0.717, 1.165) is 19.4 Å².